The zero-order valence-corrected chi connectivity index (χ0v) is 13.3. The average Bonchev–Trinajstić information content (AvgIpc) is 2.44. The number of rotatable bonds is 3. The van der Waals surface area contributed by atoms with Crippen LogP contribution in [0.15, 0.2) is 53.1 Å². The fourth-order valence-corrected chi connectivity index (χ4v) is 2.08. The maximum Gasteiger partial charge on any atom is 0.323 e. The van der Waals surface area contributed by atoms with E-state index in [9.17, 15) is 4.79 Å². The predicted molar refractivity (Wildman–Crippen MR) is 91.2 cm³/mol. The highest BCUT2D eigenvalue weighted by atomic mass is 79.9. The van der Waals surface area contributed by atoms with Crippen LogP contribution in [0, 0.1) is 0 Å². The normalized spacial score (nSPS) is 10.6. The van der Waals surface area contributed by atoms with Gasteiger partial charge in [0.15, 0.2) is 0 Å². The number of hydrogen-bond acceptors (Lipinski definition) is 2. The zero-order chi connectivity index (χ0) is 15.2. The van der Waals surface area contributed by atoms with E-state index in [0.29, 0.717) is 16.4 Å². The summed E-state index contributed by atoms with van der Waals surface area (Å²) in [4.78, 5) is 11.7. The van der Waals surface area contributed by atoms with Gasteiger partial charge in [0, 0.05) is 16.4 Å². The van der Waals surface area contributed by atoms with Crippen LogP contribution in [0.25, 0.3) is 6.08 Å². The van der Waals surface area contributed by atoms with Gasteiger partial charge in [-0.1, -0.05) is 39.7 Å². The highest BCUT2D eigenvalue weighted by Gasteiger charge is 2.04. The number of amides is 2. The second-order valence-corrected chi connectivity index (χ2v) is 5.55. The van der Waals surface area contributed by atoms with Crippen molar-refractivity contribution in [1.29, 1.82) is 0 Å². The number of anilines is 2. The van der Waals surface area contributed by atoms with Crippen LogP contribution in [0.5, 0.6) is 0 Å². The lowest BCUT2D eigenvalue weighted by atomic mass is 10.2. The molecule has 0 aliphatic rings. The number of nitrogens with one attached hydrogen (secondary N) is 2. The molecule has 0 unspecified atom stereocenters. The van der Waals surface area contributed by atoms with E-state index >= 15 is 0 Å². The molecule has 2 aromatic rings. The third kappa shape index (κ3) is 4.81. The maximum atomic E-state index is 11.7. The van der Waals surface area contributed by atoms with Gasteiger partial charge in [-0.05, 0) is 42.0 Å². The lowest BCUT2D eigenvalue weighted by Crippen LogP contribution is -2.23. The molecule has 2 rings (SSSR count). The number of halogens is 2. The van der Waals surface area contributed by atoms with Crippen molar-refractivity contribution in [3.63, 3.8) is 0 Å². The molecule has 0 saturated carbocycles. The Morgan fingerprint density at radius 2 is 1.90 bits per heavy atom. The van der Waals surface area contributed by atoms with Gasteiger partial charge in [0.05, 0.1) is 10.7 Å². The molecule has 0 fully saturated rings. The van der Waals surface area contributed by atoms with Gasteiger partial charge in [-0.15, -0.1) is 0 Å². The van der Waals surface area contributed by atoms with E-state index in [4.69, 9.17) is 17.3 Å². The molecule has 0 aliphatic carbocycles. The third-order valence-electron chi connectivity index (χ3n) is 2.60. The number of carbonyl (C=O) groups excluding carboxylic acids is 1. The molecule has 21 heavy (non-hydrogen) atoms. The van der Waals surface area contributed by atoms with Crippen LogP contribution >= 0.6 is 27.5 Å². The second kappa shape index (κ2) is 7.15. The zero-order valence-electron chi connectivity index (χ0n) is 10.9. The van der Waals surface area contributed by atoms with Crippen LogP contribution < -0.4 is 16.4 Å². The molecule has 2 aromatic carbocycles. The minimum atomic E-state index is -0.380. The quantitative estimate of drug-likeness (QED) is 0.701. The van der Waals surface area contributed by atoms with E-state index in [0.717, 1.165) is 10.0 Å². The molecule has 6 heteroatoms. The summed E-state index contributed by atoms with van der Waals surface area (Å²) in [5.41, 5.74) is 7.61. The van der Waals surface area contributed by atoms with Crippen LogP contribution in [0.4, 0.5) is 16.2 Å². The van der Waals surface area contributed by atoms with Gasteiger partial charge in [-0.2, -0.15) is 0 Å². The minimum Gasteiger partial charge on any atom is -0.399 e. The monoisotopic (exact) mass is 365 g/mol. The molecule has 108 valence electrons. The Kier molecular flexibility index (Phi) is 5.25. The van der Waals surface area contributed by atoms with Crippen molar-refractivity contribution >= 4 is 51.0 Å². The topological polar surface area (TPSA) is 67.1 Å². The first-order valence-corrected chi connectivity index (χ1v) is 7.26. The summed E-state index contributed by atoms with van der Waals surface area (Å²) < 4.78 is 1.00. The molecule has 4 nitrogen and oxygen atoms in total. The largest absolute Gasteiger partial charge is 0.399 e. The molecule has 0 aliphatic heterocycles. The Morgan fingerprint density at radius 3 is 2.57 bits per heavy atom. The van der Waals surface area contributed by atoms with Gasteiger partial charge >= 0.3 is 6.03 Å². The van der Waals surface area contributed by atoms with Crippen LogP contribution in [0.1, 0.15) is 5.56 Å². The van der Waals surface area contributed by atoms with Crippen molar-refractivity contribution in [3.05, 3.63) is 63.7 Å². The second-order valence-electron chi connectivity index (χ2n) is 4.22. The SMILES string of the molecule is Nc1ccc(NC(=O)N/C=C/c2ccc(Br)cc2)c(Cl)c1. The van der Waals surface area contributed by atoms with E-state index in [1.165, 1.54) is 0 Å². The molecule has 0 heterocycles. The molecule has 0 bridgehead atoms. The third-order valence-corrected chi connectivity index (χ3v) is 3.44. The summed E-state index contributed by atoms with van der Waals surface area (Å²) in [6, 6.07) is 12.2. The summed E-state index contributed by atoms with van der Waals surface area (Å²) in [6.07, 6.45) is 3.35. The number of carbonyl (C=O) groups is 1. The van der Waals surface area contributed by atoms with Crippen LogP contribution in [-0.4, -0.2) is 6.03 Å². The first kappa shape index (κ1) is 15.4. The Labute approximate surface area is 136 Å². The maximum absolute atomic E-state index is 11.7. The first-order valence-electron chi connectivity index (χ1n) is 6.09. The lowest BCUT2D eigenvalue weighted by molar-refractivity contribution is 0.255. The van der Waals surface area contributed by atoms with Crippen molar-refractivity contribution < 1.29 is 4.79 Å². The Bertz CT molecular complexity index is 671. The molecule has 0 saturated heterocycles. The van der Waals surface area contributed by atoms with Gasteiger partial charge in [-0.25, -0.2) is 4.79 Å². The van der Waals surface area contributed by atoms with E-state index in [2.05, 4.69) is 26.6 Å². The van der Waals surface area contributed by atoms with Crippen molar-refractivity contribution in [2.24, 2.45) is 0 Å². The molecular weight excluding hydrogens is 354 g/mol. The van der Waals surface area contributed by atoms with E-state index < -0.39 is 0 Å². The highest BCUT2D eigenvalue weighted by Crippen LogP contribution is 2.23. The molecule has 2 amide bonds. The van der Waals surface area contributed by atoms with Crippen molar-refractivity contribution in [1.82, 2.24) is 5.32 Å². The lowest BCUT2D eigenvalue weighted by Gasteiger charge is -2.07. The number of urea groups is 1. The molecule has 0 spiro atoms. The molecular formula is C15H13BrClN3O. The fraction of sp³-hybridized carbons (Fsp3) is 0. The molecule has 0 aromatic heterocycles. The Hall–Kier alpha value is -1.98. The number of nitrogen functional groups attached to an aromatic ring is 1. The van der Waals surface area contributed by atoms with Crippen LogP contribution in [0.2, 0.25) is 5.02 Å². The Morgan fingerprint density at radius 1 is 1.19 bits per heavy atom. The standard InChI is InChI=1S/C15H13BrClN3O/c16-11-3-1-10(2-4-11)7-8-19-15(21)20-14-6-5-12(18)9-13(14)17/h1-9H,18H2,(H2,19,20,21)/b8-7+. The highest BCUT2D eigenvalue weighted by molar-refractivity contribution is 9.10. The van der Waals surface area contributed by atoms with E-state index in [1.54, 1.807) is 30.5 Å². The van der Waals surface area contributed by atoms with Crippen molar-refractivity contribution in [2.75, 3.05) is 11.1 Å². The molecule has 0 atom stereocenters. The van der Waals surface area contributed by atoms with Gasteiger partial charge in [0.25, 0.3) is 0 Å². The first-order chi connectivity index (χ1) is 10.0. The minimum absolute atomic E-state index is 0.380. The van der Waals surface area contributed by atoms with Crippen molar-refractivity contribution in [3.8, 4) is 0 Å². The number of benzene rings is 2. The summed E-state index contributed by atoms with van der Waals surface area (Å²) >= 11 is 9.33. The summed E-state index contributed by atoms with van der Waals surface area (Å²) in [5.74, 6) is 0. The molecule has 0 radical (unpaired) electrons. The predicted octanol–water partition coefficient (Wildman–Crippen LogP) is 4.48. The summed E-state index contributed by atoms with van der Waals surface area (Å²) in [7, 11) is 0. The summed E-state index contributed by atoms with van der Waals surface area (Å²) in [6.45, 7) is 0. The van der Waals surface area contributed by atoms with Crippen LogP contribution in [0.3, 0.4) is 0 Å². The van der Waals surface area contributed by atoms with Gasteiger partial charge in [-0.3, -0.25) is 0 Å². The number of hydrogen-bond donors (Lipinski definition) is 3. The Balaban J connectivity index is 1.91. The fourth-order valence-electron chi connectivity index (χ4n) is 1.58. The smallest absolute Gasteiger partial charge is 0.323 e. The van der Waals surface area contributed by atoms with Gasteiger partial charge in [0.2, 0.25) is 0 Å². The summed E-state index contributed by atoms with van der Waals surface area (Å²) in [5, 5.41) is 5.63. The van der Waals surface area contributed by atoms with Gasteiger partial charge in [0.1, 0.15) is 0 Å². The van der Waals surface area contributed by atoms with Crippen LogP contribution in [-0.2, 0) is 0 Å². The van der Waals surface area contributed by atoms with Crippen molar-refractivity contribution in [2.45, 2.75) is 0 Å². The van der Waals surface area contributed by atoms with E-state index in [1.807, 2.05) is 24.3 Å². The van der Waals surface area contributed by atoms with E-state index in [-0.39, 0.29) is 6.03 Å². The number of nitrogens with two attached hydrogens (primary N) is 1. The average molecular weight is 367 g/mol. The van der Waals surface area contributed by atoms with Gasteiger partial charge < -0.3 is 16.4 Å². The molecule has 4 N–H and O–H groups in total.